The van der Waals surface area contributed by atoms with E-state index < -0.39 is 0 Å². The van der Waals surface area contributed by atoms with Crippen molar-refractivity contribution in [2.24, 2.45) is 0 Å². The highest BCUT2D eigenvalue weighted by atomic mass is 79.9. The third-order valence-corrected chi connectivity index (χ3v) is 7.13. The van der Waals surface area contributed by atoms with Crippen LogP contribution < -0.4 is 20.3 Å². The SMILES string of the molecule is CCOc1ccc(C(=O)NC(=S)Nc2ccc(N3CCN(Cc4ccccc4Cl)CC3)cc2)cc1Br. The molecule has 3 aromatic carbocycles. The van der Waals surface area contributed by atoms with Crippen molar-refractivity contribution in [2.45, 2.75) is 13.5 Å². The van der Waals surface area contributed by atoms with Gasteiger partial charge in [-0.15, -0.1) is 0 Å². The third-order valence-electron chi connectivity index (χ3n) is 5.94. The fourth-order valence-corrected chi connectivity index (χ4v) is 4.94. The van der Waals surface area contributed by atoms with Gasteiger partial charge in [0.15, 0.2) is 5.11 Å². The van der Waals surface area contributed by atoms with E-state index in [-0.39, 0.29) is 11.0 Å². The number of thiocarbonyl (C=S) groups is 1. The lowest BCUT2D eigenvalue weighted by molar-refractivity contribution is 0.0977. The largest absolute Gasteiger partial charge is 0.493 e. The summed E-state index contributed by atoms with van der Waals surface area (Å²) in [5.74, 6) is 0.402. The Labute approximate surface area is 230 Å². The molecule has 0 aliphatic carbocycles. The molecular formula is C27H28BrClN4O2S. The second kappa shape index (κ2) is 12.5. The van der Waals surface area contributed by atoms with Crippen molar-refractivity contribution in [2.75, 3.05) is 43.0 Å². The minimum atomic E-state index is -0.289. The highest BCUT2D eigenvalue weighted by Crippen LogP contribution is 2.26. The molecule has 1 fully saturated rings. The van der Waals surface area contributed by atoms with Crippen LogP contribution in [0.4, 0.5) is 11.4 Å². The number of hydrogen-bond acceptors (Lipinski definition) is 5. The number of nitrogens with one attached hydrogen (secondary N) is 2. The van der Waals surface area contributed by atoms with E-state index in [4.69, 9.17) is 28.6 Å². The highest BCUT2D eigenvalue weighted by Gasteiger charge is 2.18. The number of anilines is 2. The van der Waals surface area contributed by atoms with Crippen molar-refractivity contribution in [1.82, 2.24) is 10.2 Å². The van der Waals surface area contributed by atoms with Crippen LogP contribution in [0.3, 0.4) is 0 Å². The van der Waals surface area contributed by atoms with Crippen molar-refractivity contribution in [3.8, 4) is 5.75 Å². The number of carbonyl (C=O) groups is 1. The fourth-order valence-electron chi connectivity index (χ4n) is 4.04. The molecule has 4 rings (SSSR count). The van der Waals surface area contributed by atoms with Gasteiger partial charge in [0.1, 0.15) is 5.75 Å². The smallest absolute Gasteiger partial charge is 0.257 e. The first-order chi connectivity index (χ1) is 17.4. The first-order valence-corrected chi connectivity index (χ1v) is 13.4. The van der Waals surface area contributed by atoms with Crippen LogP contribution in [-0.4, -0.2) is 48.7 Å². The summed E-state index contributed by atoms with van der Waals surface area (Å²) >= 11 is 15.1. The maximum atomic E-state index is 12.6. The van der Waals surface area contributed by atoms with E-state index in [0.717, 1.165) is 53.6 Å². The lowest BCUT2D eigenvalue weighted by Crippen LogP contribution is -2.46. The number of benzene rings is 3. The minimum absolute atomic E-state index is 0.242. The second-order valence-electron chi connectivity index (χ2n) is 8.39. The predicted octanol–water partition coefficient (Wildman–Crippen LogP) is 5.95. The minimum Gasteiger partial charge on any atom is -0.493 e. The standard InChI is InChI=1S/C27H28BrClN4O2S/c1-2-35-25-12-7-19(17-23(25)28)26(34)31-27(36)30-21-8-10-22(11-9-21)33-15-13-32(14-16-33)18-20-5-3-4-6-24(20)29/h3-12,17H,2,13-16,18H2,1H3,(H2,30,31,34,36). The van der Waals surface area contributed by atoms with Crippen molar-refractivity contribution in [3.05, 3.63) is 87.4 Å². The molecule has 0 saturated carbocycles. The summed E-state index contributed by atoms with van der Waals surface area (Å²) in [4.78, 5) is 17.4. The Bertz CT molecular complexity index is 1220. The Morgan fingerprint density at radius 3 is 2.44 bits per heavy atom. The molecule has 1 saturated heterocycles. The molecule has 36 heavy (non-hydrogen) atoms. The molecule has 2 N–H and O–H groups in total. The summed E-state index contributed by atoms with van der Waals surface area (Å²) in [6, 6.07) is 21.3. The van der Waals surface area contributed by atoms with Gasteiger partial charge in [-0.25, -0.2) is 0 Å². The van der Waals surface area contributed by atoms with Crippen LogP contribution in [0.25, 0.3) is 0 Å². The number of rotatable bonds is 7. The monoisotopic (exact) mass is 586 g/mol. The van der Waals surface area contributed by atoms with Crippen molar-refractivity contribution in [1.29, 1.82) is 0 Å². The van der Waals surface area contributed by atoms with Gasteiger partial charge in [-0.05, 0) is 89.2 Å². The van der Waals surface area contributed by atoms with E-state index >= 15 is 0 Å². The molecule has 1 amide bonds. The van der Waals surface area contributed by atoms with Crippen molar-refractivity contribution >= 4 is 62.1 Å². The van der Waals surface area contributed by atoms with Crippen LogP contribution in [0.1, 0.15) is 22.8 Å². The third kappa shape index (κ3) is 6.97. The molecule has 0 atom stereocenters. The van der Waals surface area contributed by atoms with Crippen LogP contribution in [0.5, 0.6) is 5.75 Å². The molecule has 0 spiro atoms. The van der Waals surface area contributed by atoms with Crippen molar-refractivity contribution in [3.63, 3.8) is 0 Å². The van der Waals surface area contributed by atoms with Gasteiger partial charge in [-0.3, -0.25) is 15.0 Å². The number of amides is 1. The number of piperazine rings is 1. The zero-order valence-corrected chi connectivity index (χ0v) is 23.1. The fraction of sp³-hybridized carbons (Fsp3) is 0.259. The first-order valence-electron chi connectivity index (χ1n) is 11.8. The predicted molar refractivity (Wildman–Crippen MR) is 154 cm³/mol. The average Bonchev–Trinajstić information content (AvgIpc) is 2.87. The summed E-state index contributed by atoms with van der Waals surface area (Å²) < 4.78 is 6.21. The van der Waals surface area contributed by atoms with E-state index in [2.05, 4.69) is 54.6 Å². The van der Waals surface area contributed by atoms with Crippen molar-refractivity contribution < 1.29 is 9.53 Å². The van der Waals surface area contributed by atoms with E-state index in [1.54, 1.807) is 18.2 Å². The molecule has 0 radical (unpaired) electrons. The summed E-state index contributed by atoms with van der Waals surface area (Å²) in [5.41, 5.74) is 3.63. The van der Waals surface area contributed by atoms with Gasteiger partial charge in [0, 0.05) is 54.7 Å². The molecule has 0 unspecified atom stereocenters. The molecule has 1 heterocycles. The van der Waals surface area contributed by atoms with Crippen LogP contribution in [0.2, 0.25) is 5.02 Å². The average molecular weight is 588 g/mol. The molecule has 1 aliphatic rings. The molecule has 9 heteroatoms. The number of ether oxygens (including phenoxy) is 1. The molecule has 6 nitrogen and oxygen atoms in total. The molecule has 0 bridgehead atoms. The summed E-state index contributed by atoms with van der Waals surface area (Å²) in [7, 11) is 0. The number of carbonyl (C=O) groups excluding carboxylic acids is 1. The van der Waals surface area contributed by atoms with Crippen LogP contribution in [0, 0.1) is 0 Å². The second-order valence-corrected chi connectivity index (χ2v) is 10.1. The van der Waals surface area contributed by atoms with E-state index in [0.29, 0.717) is 17.9 Å². The number of nitrogens with zero attached hydrogens (tertiary/aromatic N) is 2. The molecular weight excluding hydrogens is 560 g/mol. The lowest BCUT2D eigenvalue weighted by atomic mass is 10.2. The molecule has 1 aliphatic heterocycles. The Kier molecular flexibility index (Phi) is 9.20. The van der Waals surface area contributed by atoms with Gasteiger partial charge in [0.2, 0.25) is 0 Å². The van der Waals surface area contributed by atoms with E-state index in [9.17, 15) is 4.79 Å². The van der Waals surface area contributed by atoms with Gasteiger partial charge < -0.3 is 15.0 Å². The first kappa shape index (κ1) is 26.4. The van der Waals surface area contributed by atoms with Crippen LogP contribution >= 0.6 is 39.7 Å². The lowest BCUT2D eigenvalue weighted by Gasteiger charge is -2.36. The molecule has 0 aromatic heterocycles. The quantitative estimate of drug-likeness (QED) is 0.333. The van der Waals surface area contributed by atoms with Crippen LogP contribution in [0.15, 0.2) is 71.2 Å². The normalized spacial score (nSPS) is 13.8. The Morgan fingerprint density at radius 2 is 1.78 bits per heavy atom. The Hall–Kier alpha value is -2.65. The van der Waals surface area contributed by atoms with E-state index in [1.165, 1.54) is 5.56 Å². The van der Waals surface area contributed by atoms with Gasteiger partial charge in [-0.2, -0.15) is 0 Å². The zero-order valence-electron chi connectivity index (χ0n) is 20.0. The summed E-state index contributed by atoms with van der Waals surface area (Å²) in [5, 5.41) is 6.87. The number of halogens is 2. The zero-order chi connectivity index (χ0) is 25.5. The van der Waals surface area contributed by atoms with Crippen LogP contribution in [-0.2, 0) is 6.54 Å². The van der Waals surface area contributed by atoms with Gasteiger partial charge in [0.25, 0.3) is 5.91 Å². The summed E-state index contributed by atoms with van der Waals surface area (Å²) in [6.07, 6.45) is 0. The maximum absolute atomic E-state index is 12.6. The Balaban J connectivity index is 1.26. The van der Waals surface area contributed by atoms with Gasteiger partial charge >= 0.3 is 0 Å². The van der Waals surface area contributed by atoms with E-state index in [1.807, 2.05) is 37.3 Å². The maximum Gasteiger partial charge on any atom is 0.257 e. The number of hydrogen-bond donors (Lipinski definition) is 2. The Morgan fingerprint density at radius 1 is 1.06 bits per heavy atom. The summed E-state index contributed by atoms with van der Waals surface area (Å²) in [6.45, 7) is 7.18. The van der Waals surface area contributed by atoms with Gasteiger partial charge in [0.05, 0.1) is 11.1 Å². The topological polar surface area (TPSA) is 56.8 Å². The highest BCUT2D eigenvalue weighted by molar-refractivity contribution is 9.10. The van der Waals surface area contributed by atoms with Gasteiger partial charge in [-0.1, -0.05) is 29.8 Å². The molecule has 188 valence electrons. The molecule has 3 aromatic rings.